The SMILES string of the molecule is CCOc1nc(-c2cccc(F)c2)n(-c2ccc(NC(=O)c3ccc(OC)cc3OC)cc2)n1. The molecule has 0 fully saturated rings. The van der Waals surface area contributed by atoms with E-state index in [4.69, 9.17) is 14.2 Å². The molecule has 0 aliphatic rings. The smallest absolute Gasteiger partial charge is 0.336 e. The molecule has 0 unspecified atom stereocenters. The van der Waals surface area contributed by atoms with Crippen molar-refractivity contribution in [2.75, 3.05) is 26.1 Å². The summed E-state index contributed by atoms with van der Waals surface area (Å²) in [4.78, 5) is 17.2. The van der Waals surface area contributed by atoms with E-state index < -0.39 is 0 Å². The molecule has 0 saturated carbocycles. The molecule has 9 heteroatoms. The van der Waals surface area contributed by atoms with Crippen LogP contribution in [0, 0.1) is 5.82 Å². The van der Waals surface area contributed by atoms with Crippen LogP contribution in [0.1, 0.15) is 17.3 Å². The second-order valence-electron chi connectivity index (χ2n) is 7.14. The van der Waals surface area contributed by atoms with Crippen LogP contribution < -0.4 is 19.5 Å². The average Bonchev–Trinajstić information content (AvgIpc) is 3.28. The predicted octanol–water partition coefficient (Wildman–Crippen LogP) is 4.74. The van der Waals surface area contributed by atoms with Gasteiger partial charge in [0, 0.05) is 17.3 Å². The van der Waals surface area contributed by atoms with Crippen molar-refractivity contribution >= 4 is 11.6 Å². The molecule has 0 spiro atoms. The molecule has 0 bridgehead atoms. The number of aromatic nitrogens is 3. The van der Waals surface area contributed by atoms with Gasteiger partial charge in [0.15, 0.2) is 5.82 Å². The zero-order valence-electron chi connectivity index (χ0n) is 18.9. The van der Waals surface area contributed by atoms with Crippen molar-refractivity contribution in [3.8, 4) is 34.6 Å². The molecule has 0 atom stereocenters. The van der Waals surface area contributed by atoms with Gasteiger partial charge in [-0.05, 0) is 55.5 Å². The van der Waals surface area contributed by atoms with E-state index in [-0.39, 0.29) is 17.7 Å². The summed E-state index contributed by atoms with van der Waals surface area (Å²) in [5, 5.41) is 7.25. The Morgan fingerprint density at radius 3 is 2.50 bits per heavy atom. The minimum atomic E-state index is -0.378. The van der Waals surface area contributed by atoms with E-state index in [2.05, 4.69) is 15.4 Å². The maximum absolute atomic E-state index is 13.8. The largest absolute Gasteiger partial charge is 0.497 e. The third-order valence-electron chi connectivity index (χ3n) is 4.97. The number of anilines is 1. The van der Waals surface area contributed by atoms with Crippen molar-refractivity contribution in [1.82, 2.24) is 14.8 Å². The first-order valence-electron chi connectivity index (χ1n) is 10.5. The summed E-state index contributed by atoms with van der Waals surface area (Å²) in [6.45, 7) is 2.23. The zero-order valence-corrected chi connectivity index (χ0v) is 18.9. The number of methoxy groups -OCH3 is 2. The van der Waals surface area contributed by atoms with Gasteiger partial charge in [-0.1, -0.05) is 12.1 Å². The van der Waals surface area contributed by atoms with Crippen LogP contribution in [0.3, 0.4) is 0 Å². The van der Waals surface area contributed by atoms with Crippen molar-refractivity contribution in [3.05, 3.63) is 78.1 Å². The summed E-state index contributed by atoms with van der Waals surface area (Å²) in [6, 6.07) is 18.3. The second kappa shape index (κ2) is 10.0. The van der Waals surface area contributed by atoms with E-state index in [9.17, 15) is 9.18 Å². The molecule has 8 nitrogen and oxygen atoms in total. The Hall–Kier alpha value is -4.40. The first-order chi connectivity index (χ1) is 16.5. The van der Waals surface area contributed by atoms with Crippen LogP contribution in [-0.2, 0) is 0 Å². The predicted molar refractivity (Wildman–Crippen MR) is 125 cm³/mol. The lowest BCUT2D eigenvalue weighted by atomic mass is 10.1. The maximum Gasteiger partial charge on any atom is 0.336 e. The normalized spacial score (nSPS) is 10.6. The fraction of sp³-hybridized carbons (Fsp3) is 0.160. The van der Waals surface area contributed by atoms with Crippen molar-refractivity contribution in [2.24, 2.45) is 0 Å². The van der Waals surface area contributed by atoms with E-state index in [1.165, 1.54) is 19.2 Å². The molecule has 0 aliphatic heterocycles. The number of halogens is 1. The number of benzene rings is 3. The van der Waals surface area contributed by atoms with Gasteiger partial charge in [-0.2, -0.15) is 4.98 Å². The Morgan fingerprint density at radius 2 is 1.82 bits per heavy atom. The lowest BCUT2D eigenvalue weighted by Gasteiger charge is -2.11. The fourth-order valence-electron chi connectivity index (χ4n) is 3.35. The third kappa shape index (κ3) is 4.83. The number of nitrogens with zero attached hydrogens (tertiary/aromatic N) is 3. The van der Waals surface area contributed by atoms with E-state index >= 15 is 0 Å². The zero-order chi connectivity index (χ0) is 24.1. The highest BCUT2D eigenvalue weighted by molar-refractivity contribution is 6.06. The Morgan fingerprint density at radius 1 is 1.03 bits per heavy atom. The van der Waals surface area contributed by atoms with Gasteiger partial charge in [-0.3, -0.25) is 4.79 Å². The molecule has 1 heterocycles. The number of hydrogen-bond donors (Lipinski definition) is 1. The van der Waals surface area contributed by atoms with E-state index in [0.717, 1.165) is 0 Å². The van der Waals surface area contributed by atoms with E-state index in [0.29, 0.717) is 46.4 Å². The molecule has 4 rings (SSSR count). The Bertz CT molecular complexity index is 1300. The lowest BCUT2D eigenvalue weighted by molar-refractivity contribution is 0.102. The molecule has 0 aliphatic carbocycles. The van der Waals surface area contributed by atoms with Crippen LogP contribution in [0.4, 0.5) is 10.1 Å². The van der Waals surface area contributed by atoms with Crippen LogP contribution in [-0.4, -0.2) is 41.5 Å². The molecular weight excluding hydrogens is 439 g/mol. The third-order valence-corrected chi connectivity index (χ3v) is 4.97. The minimum absolute atomic E-state index is 0.186. The molecule has 0 radical (unpaired) electrons. The van der Waals surface area contributed by atoms with Gasteiger partial charge in [-0.25, -0.2) is 9.07 Å². The average molecular weight is 462 g/mol. The van der Waals surface area contributed by atoms with Crippen LogP contribution in [0.2, 0.25) is 0 Å². The number of ether oxygens (including phenoxy) is 3. The number of carbonyl (C=O) groups excluding carboxylic acids is 1. The Balaban J connectivity index is 1.60. The molecule has 174 valence electrons. The summed E-state index contributed by atoms with van der Waals surface area (Å²) in [6.07, 6.45) is 0. The highest BCUT2D eigenvalue weighted by Gasteiger charge is 2.16. The van der Waals surface area contributed by atoms with Gasteiger partial charge in [0.1, 0.15) is 17.3 Å². The number of hydrogen-bond acceptors (Lipinski definition) is 6. The van der Waals surface area contributed by atoms with Crippen molar-refractivity contribution in [3.63, 3.8) is 0 Å². The molecule has 3 aromatic carbocycles. The minimum Gasteiger partial charge on any atom is -0.497 e. The molecular formula is C25H23FN4O4. The van der Waals surface area contributed by atoms with Crippen LogP contribution >= 0.6 is 0 Å². The first kappa shape index (κ1) is 22.8. The van der Waals surface area contributed by atoms with Crippen LogP contribution in [0.5, 0.6) is 17.5 Å². The van der Waals surface area contributed by atoms with Gasteiger partial charge in [0.05, 0.1) is 32.1 Å². The van der Waals surface area contributed by atoms with Crippen molar-refractivity contribution < 1.29 is 23.4 Å². The number of nitrogens with one attached hydrogen (secondary N) is 1. The fourth-order valence-corrected chi connectivity index (χ4v) is 3.35. The van der Waals surface area contributed by atoms with Gasteiger partial charge in [0.2, 0.25) is 0 Å². The van der Waals surface area contributed by atoms with Crippen LogP contribution in [0.15, 0.2) is 66.7 Å². The van der Waals surface area contributed by atoms with Gasteiger partial charge >= 0.3 is 6.01 Å². The van der Waals surface area contributed by atoms with Gasteiger partial charge in [-0.15, -0.1) is 5.10 Å². The summed E-state index contributed by atoms with van der Waals surface area (Å²) in [5.41, 5.74) is 2.17. The van der Waals surface area contributed by atoms with Gasteiger partial charge < -0.3 is 19.5 Å². The highest BCUT2D eigenvalue weighted by atomic mass is 19.1. The van der Waals surface area contributed by atoms with Gasteiger partial charge in [0.25, 0.3) is 5.91 Å². The molecule has 0 saturated heterocycles. The summed E-state index contributed by atoms with van der Waals surface area (Å²) < 4.78 is 31.3. The molecule has 1 amide bonds. The van der Waals surface area contributed by atoms with Crippen molar-refractivity contribution in [2.45, 2.75) is 6.92 Å². The topological polar surface area (TPSA) is 87.5 Å². The molecule has 1 aromatic heterocycles. The lowest BCUT2D eigenvalue weighted by Crippen LogP contribution is -2.13. The van der Waals surface area contributed by atoms with Crippen molar-refractivity contribution in [1.29, 1.82) is 0 Å². The van der Waals surface area contributed by atoms with Crippen LogP contribution in [0.25, 0.3) is 17.1 Å². The molecule has 34 heavy (non-hydrogen) atoms. The quantitative estimate of drug-likeness (QED) is 0.407. The van der Waals surface area contributed by atoms with E-state index in [1.54, 1.807) is 66.4 Å². The number of rotatable bonds is 8. The Labute approximate surface area is 195 Å². The summed E-state index contributed by atoms with van der Waals surface area (Å²) >= 11 is 0. The number of carbonyl (C=O) groups is 1. The maximum atomic E-state index is 13.8. The summed E-state index contributed by atoms with van der Waals surface area (Å²) in [7, 11) is 3.04. The Kier molecular flexibility index (Phi) is 6.72. The molecule has 4 aromatic rings. The summed E-state index contributed by atoms with van der Waals surface area (Å²) in [5.74, 6) is 0.720. The highest BCUT2D eigenvalue weighted by Crippen LogP contribution is 2.27. The molecule has 1 N–H and O–H groups in total. The monoisotopic (exact) mass is 462 g/mol. The second-order valence-corrected chi connectivity index (χ2v) is 7.14. The number of amides is 1. The van der Waals surface area contributed by atoms with E-state index in [1.807, 2.05) is 6.92 Å². The first-order valence-corrected chi connectivity index (χ1v) is 10.5. The standard InChI is InChI=1S/C25H23FN4O4/c1-4-34-25-28-23(16-6-5-7-17(26)14-16)30(29-25)19-10-8-18(9-11-19)27-24(31)21-13-12-20(32-2)15-22(21)33-3/h5-15H,4H2,1-3H3,(H,27,31).